The second-order valence-electron chi connectivity index (χ2n) is 7.59. The van der Waals surface area contributed by atoms with Gasteiger partial charge in [-0.05, 0) is 40.0 Å². The fraction of sp³-hybridized carbons (Fsp3) is 0.750. The molecular weight excluding hydrogens is 369 g/mol. The number of hydrogen-bond acceptors (Lipinski definition) is 5. The van der Waals surface area contributed by atoms with Gasteiger partial charge in [0.15, 0.2) is 0 Å². The molecule has 0 radical (unpaired) electrons. The van der Waals surface area contributed by atoms with E-state index in [2.05, 4.69) is 23.0 Å². The van der Waals surface area contributed by atoms with Gasteiger partial charge in [0.2, 0.25) is 0 Å². The number of amides is 1. The lowest BCUT2D eigenvalue weighted by atomic mass is 10.0. The van der Waals surface area contributed by atoms with Crippen LogP contribution in [0.2, 0.25) is 0 Å². The molecule has 0 bridgehead atoms. The number of nitrogen functional groups attached to an aromatic ring is 1. The molecule has 2 rings (SSSR count). The van der Waals surface area contributed by atoms with Gasteiger partial charge >= 0.3 is 12.3 Å². The standard InChI is InChI=1S/C16H25F3N4O2S/c1-15(2,3)23-12(20)7-11(22-23)9-4-5-10(6-9)25-14(24)21-13(26)8-16(17,18)19/h7,9-10,13,26H,4-6,8,20H2,1-3H3,(H,21,24)/t9-,10+,13?/m0/s1. The first-order valence-electron chi connectivity index (χ1n) is 8.43. The minimum Gasteiger partial charge on any atom is -0.446 e. The van der Waals surface area contributed by atoms with Crippen molar-refractivity contribution in [2.24, 2.45) is 0 Å². The Morgan fingerprint density at radius 2 is 2.12 bits per heavy atom. The Morgan fingerprint density at radius 3 is 2.65 bits per heavy atom. The van der Waals surface area contributed by atoms with Gasteiger partial charge in [-0.2, -0.15) is 30.9 Å². The molecule has 1 aromatic rings. The smallest absolute Gasteiger partial charge is 0.408 e. The first-order valence-corrected chi connectivity index (χ1v) is 8.94. The second kappa shape index (κ2) is 7.58. The maximum absolute atomic E-state index is 12.3. The van der Waals surface area contributed by atoms with Gasteiger partial charge in [0.05, 0.1) is 23.0 Å². The zero-order chi connectivity index (χ0) is 19.7. The highest BCUT2D eigenvalue weighted by molar-refractivity contribution is 7.80. The van der Waals surface area contributed by atoms with Crippen molar-refractivity contribution in [3.05, 3.63) is 11.8 Å². The van der Waals surface area contributed by atoms with Crippen LogP contribution < -0.4 is 11.1 Å². The van der Waals surface area contributed by atoms with Crippen molar-refractivity contribution in [2.45, 2.75) is 75.6 Å². The highest BCUT2D eigenvalue weighted by Gasteiger charge is 2.34. The third-order valence-corrected chi connectivity index (χ3v) is 4.49. The Balaban J connectivity index is 1.88. The summed E-state index contributed by atoms with van der Waals surface area (Å²) >= 11 is 3.72. The molecule has 0 aromatic carbocycles. The van der Waals surface area contributed by atoms with Crippen LogP contribution in [0.5, 0.6) is 0 Å². The van der Waals surface area contributed by atoms with E-state index in [0.29, 0.717) is 18.7 Å². The number of alkyl carbamates (subject to hydrolysis) is 1. The fourth-order valence-corrected chi connectivity index (χ4v) is 3.37. The molecule has 1 heterocycles. The molecule has 1 aliphatic carbocycles. The van der Waals surface area contributed by atoms with Crippen LogP contribution in [0.3, 0.4) is 0 Å². The lowest BCUT2D eigenvalue weighted by molar-refractivity contribution is -0.134. The summed E-state index contributed by atoms with van der Waals surface area (Å²) < 4.78 is 43.8. The number of ether oxygens (including phenoxy) is 1. The van der Waals surface area contributed by atoms with E-state index < -0.39 is 24.1 Å². The van der Waals surface area contributed by atoms with Gasteiger partial charge in [0, 0.05) is 12.0 Å². The average molecular weight is 394 g/mol. The minimum atomic E-state index is -4.40. The van der Waals surface area contributed by atoms with E-state index in [-0.39, 0.29) is 17.6 Å². The van der Waals surface area contributed by atoms with Crippen LogP contribution in [0.25, 0.3) is 0 Å². The Morgan fingerprint density at radius 1 is 1.46 bits per heavy atom. The number of carbonyl (C=O) groups excluding carboxylic acids is 1. The number of hydrogen-bond donors (Lipinski definition) is 3. The highest BCUT2D eigenvalue weighted by Crippen LogP contribution is 2.37. The number of alkyl halides is 3. The van der Waals surface area contributed by atoms with E-state index >= 15 is 0 Å². The van der Waals surface area contributed by atoms with Crippen molar-refractivity contribution in [3.8, 4) is 0 Å². The molecule has 26 heavy (non-hydrogen) atoms. The van der Waals surface area contributed by atoms with E-state index in [4.69, 9.17) is 10.5 Å². The van der Waals surface area contributed by atoms with Crippen LogP contribution in [-0.4, -0.2) is 33.5 Å². The summed E-state index contributed by atoms with van der Waals surface area (Å²) in [6.07, 6.45) is -4.93. The number of carbonyl (C=O) groups is 1. The Hall–Kier alpha value is -1.58. The van der Waals surface area contributed by atoms with E-state index in [1.54, 1.807) is 4.68 Å². The molecule has 1 saturated carbocycles. The van der Waals surface area contributed by atoms with Crippen molar-refractivity contribution >= 4 is 24.5 Å². The minimum absolute atomic E-state index is 0.0978. The quantitative estimate of drug-likeness (QED) is 0.536. The summed E-state index contributed by atoms with van der Waals surface area (Å²) in [6, 6.07) is 1.82. The molecule has 1 fully saturated rings. The zero-order valence-electron chi connectivity index (χ0n) is 15.0. The number of nitrogens with one attached hydrogen (secondary N) is 1. The average Bonchev–Trinajstić information content (AvgIpc) is 3.01. The SMILES string of the molecule is CC(C)(C)n1nc([C@H]2CC[C@@H](OC(=O)NC(S)CC(F)(F)F)C2)cc1N. The number of halogens is 3. The van der Waals surface area contributed by atoms with Crippen LogP contribution in [0, 0.1) is 0 Å². The van der Waals surface area contributed by atoms with Crippen LogP contribution in [0.15, 0.2) is 6.07 Å². The number of anilines is 1. The zero-order valence-corrected chi connectivity index (χ0v) is 15.9. The largest absolute Gasteiger partial charge is 0.446 e. The third kappa shape index (κ3) is 5.72. The second-order valence-corrected chi connectivity index (χ2v) is 8.22. The maximum atomic E-state index is 12.3. The van der Waals surface area contributed by atoms with Gasteiger partial charge in [0.1, 0.15) is 11.9 Å². The van der Waals surface area contributed by atoms with Crippen molar-refractivity contribution in [2.75, 3.05) is 5.73 Å². The molecule has 10 heteroatoms. The predicted octanol–water partition coefficient (Wildman–Crippen LogP) is 3.79. The highest BCUT2D eigenvalue weighted by atomic mass is 32.1. The van der Waals surface area contributed by atoms with E-state index in [0.717, 1.165) is 12.1 Å². The number of nitrogens with two attached hydrogens (primary N) is 1. The summed E-state index contributed by atoms with van der Waals surface area (Å²) in [5.74, 6) is 0.667. The summed E-state index contributed by atoms with van der Waals surface area (Å²) in [4.78, 5) is 11.7. The van der Waals surface area contributed by atoms with Gasteiger partial charge in [-0.25, -0.2) is 9.48 Å². The van der Waals surface area contributed by atoms with Crippen molar-refractivity contribution in [3.63, 3.8) is 0 Å². The summed E-state index contributed by atoms with van der Waals surface area (Å²) in [5, 5.41) is 5.33. The molecule has 0 spiro atoms. The van der Waals surface area contributed by atoms with Crippen molar-refractivity contribution < 1.29 is 22.7 Å². The first kappa shape index (κ1) is 20.7. The van der Waals surface area contributed by atoms with Gasteiger partial charge in [-0.3, -0.25) is 0 Å². The number of aromatic nitrogens is 2. The molecule has 3 N–H and O–H groups in total. The van der Waals surface area contributed by atoms with Crippen LogP contribution in [0.1, 0.15) is 58.1 Å². The predicted molar refractivity (Wildman–Crippen MR) is 95.1 cm³/mol. The van der Waals surface area contributed by atoms with Crippen molar-refractivity contribution in [1.29, 1.82) is 0 Å². The number of thiol groups is 1. The Kier molecular flexibility index (Phi) is 6.04. The third-order valence-electron chi connectivity index (χ3n) is 4.18. The van der Waals surface area contributed by atoms with Crippen LogP contribution in [-0.2, 0) is 10.3 Å². The summed E-state index contributed by atoms with van der Waals surface area (Å²) in [6.45, 7) is 6.00. The van der Waals surface area contributed by atoms with Gasteiger partial charge in [-0.1, -0.05) is 0 Å². The molecule has 0 saturated heterocycles. The Labute approximate surface area is 156 Å². The van der Waals surface area contributed by atoms with Gasteiger partial charge in [0.25, 0.3) is 0 Å². The van der Waals surface area contributed by atoms with Crippen molar-refractivity contribution in [1.82, 2.24) is 15.1 Å². The number of rotatable bonds is 4. The maximum Gasteiger partial charge on any atom is 0.408 e. The van der Waals surface area contributed by atoms with Crippen LogP contribution in [0.4, 0.5) is 23.8 Å². The molecule has 148 valence electrons. The fourth-order valence-electron chi connectivity index (χ4n) is 3.06. The molecule has 0 aliphatic heterocycles. The normalized spacial score (nSPS) is 22.3. The van der Waals surface area contributed by atoms with Crippen LogP contribution >= 0.6 is 12.6 Å². The summed E-state index contributed by atoms with van der Waals surface area (Å²) in [5.41, 5.74) is 6.62. The molecule has 3 atom stereocenters. The van der Waals surface area contributed by atoms with E-state index in [1.165, 1.54) is 0 Å². The molecule has 6 nitrogen and oxygen atoms in total. The van der Waals surface area contributed by atoms with E-state index in [9.17, 15) is 18.0 Å². The topological polar surface area (TPSA) is 82.2 Å². The molecular formula is C16H25F3N4O2S. The van der Waals surface area contributed by atoms with Gasteiger partial charge in [-0.15, -0.1) is 0 Å². The number of nitrogens with zero attached hydrogens (tertiary/aromatic N) is 2. The lowest BCUT2D eigenvalue weighted by Gasteiger charge is -2.20. The molecule has 1 amide bonds. The monoisotopic (exact) mass is 394 g/mol. The first-order chi connectivity index (χ1) is 11.8. The Bertz CT molecular complexity index is 642. The molecule has 1 aromatic heterocycles. The lowest BCUT2D eigenvalue weighted by Crippen LogP contribution is -2.36. The van der Waals surface area contributed by atoms with Gasteiger partial charge < -0.3 is 15.8 Å². The summed E-state index contributed by atoms with van der Waals surface area (Å²) in [7, 11) is 0. The molecule has 1 unspecified atom stereocenters. The van der Waals surface area contributed by atoms with E-state index in [1.807, 2.05) is 26.8 Å². The molecule has 1 aliphatic rings.